The Kier molecular flexibility index (Phi) is 5.55. The number of nitrogens with two attached hydrogens (primary N) is 1. The van der Waals surface area contributed by atoms with Gasteiger partial charge in [0.1, 0.15) is 0 Å². The Balaban J connectivity index is 2.27. The SMILES string of the molecule is NC(CCNCC(F)(F)C(F)F)c1ccccc1. The fourth-order valence-electron chi connectivity index (χ4n) is 1.46. The summed E-state index contributed by atoms with van der Waals surface area (Å²) in [6.45, 7) is -0.870. The van der Waals surface area contributed by atoms with Crippen LogP contribution in [-0.4, -0.2) is 25.4 Å². The van der Waals surface area contributed by atoms with Gasteiger partial charge in [0.2, 0.25) is 0 Å². The van der Waals surface area contributed by atoms with Crippen LogP contribution in [0.15, 0.2) is 30.3 Å². The molecule has 0 saturated heterocycles. The maximum atomic E-state index is 12.6. The Morgan fingerprint density at radius 1 is 1.17 bits per heavy atom. The number of hydrogen-bond acceptors (Lipinski definition) is 2. The van der Waals surface area contributed by atoms with E-state index in [1.165, 1.54) is 0 Å². The predicted octanol–water partition coefficient (Wildman–Crippen LogP) is 2.57. The van der Waals surface area contributed by atoms with Crippen LogP contribution in [0.2, 0.25) is 0 Å². The molecule has 0 amide bonds. The third-order valence-corrected chi connectivity index (χ3v) is 2.54. The van der Waals surface area contributed by atoms with Crippen LogP contribution in [0.5, 0.6) is 0 Å². The molecule has 0 bridgehead atoms. The minimum absolute atomic E-state index is 0.165. The Hall–Kier alpha value is -1.14. The number of alkyl halides is 4. The lowest BCUT2D eigenvalue weighted by Crippen LogP contribution is -2.39. The molecule has 18 heavy (non-hydrogen) atoms. The van der Waals surface area contributed by atoms with Crippen molar-refractivity contribution in [1.82, 2.24) is 5.32 Å². The number of hydrogen-bond donors (Lipinski definition) is 2. The molecule has 1 unspecified atom stereocenters. The molecule has 1 aromatic carbocycles. The normalized spacial score (nSPS) is 13.9. The molecular formula is C12H16F4N2. The summed E-state index contributed by atoms with van der Waals surface area (Å²) < 4.78 is 48.8. The number of benzene rings is 1. The van der Waals surface area contributed by atoms with Gasteiger partial charge in [-0.25, -0.2) is 8.78 Å². The van der Waals surface area contributed by atoms with Gasteiger partial charge in [-0.3, -0.25) is 0 Å². The van der Waals surface area contributed by atoms with E-state index in [0.717, 1.165) is 5.56 Å². The van der Waals surface area contributed by atoms with E-state index >= 15 is 0 Å². The van der Waals surface area contributed by atoms with Crippen molar-refractivity contribution in [3.8, 4) is 0 Å². The second-order valence-electron chi connectivity index (χ2n) is 4.04. The molecule has 0 heterocycles. The zero-order valence-corrected chi connectivity index (χ0v) is 9.75. The van der Waals surface area contributed by atoms with E-state index < -0.39 is 18.9 Å². The molecule has 0 saturated carbocycles. The van der Waals surface area contributed by atoms with E-state index in [9.17, 15) is 17.6 Å². The highest BCUT2D eigenvalue weighted by atomic mass is 19.3. The van der Waals surface area contributed by atoms with Gasteiger partial charge in [-0.05, 0) is 18.5 Å². The summed E-state index contributed by atoms with van der Waals surface area (Å²) in [6.07, 6.45) is -3.24. The first-order valence-electron chi connectivity index (χ1n) is 5.60. The van der Waals surface area contributed by atoms with E-state index in [-0.39, 0.29) is 12.6 Å². The van der Waals surface area contributed by atoms with Gasteiger partial charge in [0.25, 0.3) is 0 Å². The Bertz CT molecular complexity index is 343. The molecule has 0 aromatic heterocycles. The van der Waals surface area contributed by atoms with Crippen LogP contribution in [0.4, 0.5) is 17.6 Å². The standard InChI is InChI=1S/C12H16F4N2/c13-11(14)12(15,16)8-18-7-6-10(17)9-4-2-1-3-5-9/h1-5,10-11,18H,6-8,17H2. The molecule has 1 rings (SSSR count). The van der Waals surface area contributed by atoms with E-state index in [0.29, 0.717) is 6.42 Å². The van der Waals surface area contributed by atoms with Crippen molar-refractivity contribution in [2.24, 2.45) is 5.73 Å². The molecule has 0 spiro atoms. The van der Waals surface area contributed by atoms with Crippen molar-refractivity contribution in [3.05, 3.63) is 35.9 Å². The third-order valence-electron chi connectivity index (χ3n) is 2.54. The maximum absolute atomic E-state index is 12.6. The minimum Gasteiger partial charge on any atom is -0.324 e. The fraction of sp³-hybridized carbons (Fsp3) is 0.500. The zero-order chi connectivity index (χ0) is 13.6. The van der Waals surface area contributed by atoms with Gasteiger partial charge >= 0.3 is 12.3 Å². The van der Waals surface area contributed by atoms with Gasteiger partial charge in [-0.15, -0.1) is 0 Å². The van der Waals surface area contributed by atoms with Crippen LogP contribution >= 0.6 is 0 Å². The first-order chi connectivity index (χ1) is 8.43. The highest BCUT2D eigenvalue weighted by Gasteiger charge is 2.39. The van der Waals surface area contributed by atoms with Crippen molar-refractivity contribution in [1.29, 1.82) is 0 Å². The molecule has 2 nitrogen and oxygen atoms in total. The summed E-state index contributed by atoms with van der Waals surface area (Å²) in [5.74, 6) is -3.99. The van der Waals surface area contributed by atoms with E-state index in [2.05, 4.69) is 5.32 Å². The van der Waals surface area contributed by atoms with Gasteiger partial charge in [0, 0.05) is 6.04 Å². The van der Waals surface area contributed by atoms with Gasteiger partial charge in [0.15, 0.2) is 0 Å². The van der Waals surface area contributed by atoms with Crippen molar-refractivity contribution in [3.63, 3.8) is 0 Å². The van der Waals surface area contributed by atoms with Crippen LogP contribution in [0.25, 0.3) is 0 Å². The molecule has 6 heteroatoms. The Labute approximate surface area is 103 Å². The lowest BCUT2D eigenvalue weighted by Gasteiger charge is -2.17. The van der Waals surface area contributed by atoms with Crippen molar-refractivity contribution in [2.75, 3.05) is 13.1 Å². The lowest BCUT2D eigenvalue weighted by atomic mass is 10.1. The molecule has 3 N–H and O–H groups in total. The first kappa shape index (κ1) is 14.9. The fourth-order valence-corrected chi connectivity index (χ4v) is 1.46. The number of halogens is 4. The summed E-state index contributed by atoms with van der Waals surface area (Å²) >= 11 is 0. The third kappa shape index (κ3) is 4.62. The molecule has 102 valence electrons. The van der Waals surface area contributed by atoms with Crippen LogP contribution in [-0.2, 0) is 0 Å². The second kappa shape index (κ2) is 6.70. The van der Waals surface area contributed by atoms with Gasteiger partial charge in [-0.1, -0.05) is 30.3 Å². The molecule has 1 atom stereocenters. The second-order valence-corrected chi connectivity index (χ2v) is 4.04. The van der Waals surface area contributed by atoms with Gasteiger partial charge < -0.3 is 11.1 Å². The van der Waals surface area contributed by atoms with Crippen LogP contribution in [0, 0.1) is 0 Å². The molecular weight excluding hydrogens is 248 g/mol. The Morgan fingerprint density at radius 2 is 1.78 bits per heavy atom. The average molecular weight is 264 g/mol. The minimum atomic E-state index is -3.99. The lowest BCUT2D eigenvalue weighted by molar-refractivity contribution is -0.125. The molecule has 0 aliphatic carbocycles. The molecule has 0 fully saturated rings. The number of nitrogens with one attached hydrogen (secondary N) is 1. The Morgan fingerprint density at radius 3 is 2.33 bits per heavy atom. The van der Waals surface area contributed by atoms with Crippen LogP contribution in [0.1, 0.15) is 18.0 Å². The van der Waals surface area contributed by atoms with Crippen LogP contribution in [0.3, 0.4) is 0 Å². The predicted molar refractivity (Wildman–Crippen MR) is 61.8 cm³/mol. The van der Waals surface area contributed by atoms with Crippen molar-refractivity contribution < 1.29 is 17.6 Å². The number of rotatable bonds is 7. The average Bonchev–Trinajstić information content (AvgIpc) is 2.35. The molecule has 0 aliphatic rings. The van der Waals surface area contributed by atoms with Crippen molar-refractivity contribution in [2.45, 2.75) is 24.8 Å². The van der Waals surface area contributed by atoms with E-state index in [1.807, 2.05) is 30.3 Å². The van der Waals surface area contributed by atoms with Gasteiger partial charge in [-0.2, -0.15) is 8.78 Å². The van der Waals surface area contributed by atoms with Crippen LogP contribution < -0.4 is 11.1 Å². The maximum Gasteiger partial charge on any atom is 0.319 e. The van der Waals surface area contributed by atoms with E-state index in [4.69, 9.17) is 5.73 Å². The molecule has 1 aromatic rings. The first-order valence-corrected chi connectivity index (χ1v) is 5.60. The molecule has 0 radical (unpaired) electrons. The highest BCUT2D eigenvalue weighted by Crippen LogP contribution is 2.21. The summed E-state index contributed by atoms with van der Waals surface area (Å²) in [5, 5.41) is 2.30. The highest BCUT2D eigenvalue weighted by molar-refractivity contribution is 5.18. The molecule has 0 aliphatic heterocycles. The summed E-state index contributed by atoms with van der Waals surface area (Å²) in [5.41, 5.74) is 6.72. The monoisotopic (exact) mass is 264 g/mol. The zero-order valence-electron chi connectivity index (χ0n) is 9.75. The van der Waals surface area contributed by atoms with Crippen molar-refractivity contribution >= 4 is 0 Å². The largest absolute Gasteiger partial charge is 0.324 e. The summed E-state index contributed by atoms with van der Waals surface area (Å²) in [4.78, 5) is 0. The summed E-state index contributed by atoms with van der Waals surface area (Å²) in [6, 6.07) is 8.87. The summed E-state index contributed by atoms with van der Waals surface area (Å²) in [7, 11) is 0. The topological polar surface area (TPSA) is 38.0 Å². The smallest absolute Gasteiger partial charge is 0.319 e. The van der Waals surface area contributed by atoms with Gasteiger partial charge in [0.05, 0.1) is 6.54 Å². The quantitative estimate of drug-likeness (QED) is 0.586. The van der Waals surface area contributed by atoms with E-state index in [1.54, 1.807) is 0 Å².